The van der Waals surface area contributed by atoms with Gasteiger partial charge in [-0.05, 0) is 45.3 Å². The van der Waals surface area contributed by atoms with Crippen molar-refractivity contribution in [3.05, 3.63) is 0 Å². The van der Waals surface area contributed by atoms with Crippen molar-refractivity contribution in [1.82, 2.24) is 4.90 Å². The summed E-state index contributed by atoms with van der Waals surface area (Å²) in [5.74, 6) is -0.582. The number of carboxylic acids is 1. The monoisotopic (exact) mass is 213 g/mol. The summed E-state index contributed by atoms with van der Waals surface area (Å²) in [6.07, 6.45) is 4.83. The summed E-state index contributed by atoms with van der Waals surface area (Å²) in [5, 5.41) is 9.18. The van der Waals surface area contributed by atoms with Gasteiger partial charge in [0.05, 0.1) is 5.41 Å². The van der Waals surface area contributed by atoms with Gasteiger partial charge < -0.3 is 10.0 Å². The summed E-state index contributed by atoms with van der Waals surface area (Å²) in [6, 6.07) is 0. The van der Waals surface area contributed by atoms with Crippen molar-refractivity contribution in [3.8, 4) is 0 Å². The minimum Gasteiger partial charge on any atom is -0.481 e. The standard InChI is InChI=1S/C12H23NO2/c1-3-9-13(4-2)10-8-12(11(14)15)6-5-7-12/h3-10H2,1-2H3,(H,14,15). The summed E-state index contributed by atoms with van der Waals surface area (Å²) in [5.41, 5.74) is -0.374. The van der Waals surface area contributed by atoms with Crippen LogP contribution >= 0.6 is 0 Å². The Morgan fingerprint density at radius 1 is 1.33 bits per heavy atom. The average molecular weight is 213 g/mol. The van der Waals surface area contributed by atoms with Crippen LogP contribution in [0.1, 0.15) is 46.0 Å². The highest BCUT2D eigenvalue weighted by molar-refractivity contribution is 5.75. The summed E-state index contributed by atoms with van der Waals surface area (Å²) >= 11 is 0. The quantitative estimate of drug-likeness (QED) is 0.705. The second kappa shape index (κ2) is 5.50. The van der Waals surface area contributed by atoms with Crippen molar-refractivity contribution in [2.24, 2.45) is 5.41 Å². The molecule has 0 heterocycles. The van der Waals surface area contributed by atoms with Crippen molar-refractivity contribution in [2.75, 3.05) is 19.6 Å². The molecule has 3 nitrogen and oxygen atoms in total. The van der Waals surface area contributed by atoms with Crippen LogP contribution < -0.4 is 0 Å². The lowest BCUT2D eigenvalue weighted by Crippen LogP contribution is -2.41. The fourth-order valence-corrected chi connectivity index (χ4v) is 2.29. The molecular weight excluding hydrogens is 190 g/mol. The smallest absolute Gasteiger partial charge is 0.309 e. The van der Waals surface area contributed by atoms with Crippen molar-refractivity contribution in [2.45, 2.75) is 46.0 Å². The topological polar surface area (TPSA) is 40.5 Å². The van der Waals surface area contributed by atoms with E-state index in [-0.39, 0.29) is 5.41 Å². The molecule has 1 aliphatic rings. The highest BCUT2D eigenvalue weighted by atomic mass is 16.4. The maximum absolute atomic E-state index is 11.1. The van der Waals surface area contributed by atoms with E-state index >= 15 is 0 Å². The van der Waals surface area contributed by atoms with E-state index in [2.05, 4.69) is 18.7 Å². The van der Waals surface area contributed by atoms with Gasteiger partial charge in [-0.3, -0.25) is 4.79 Å². The third kappa shape index (κ3) is 2.94. The lowest BCUT2D eigenvalue weighted by molar-refractivity contribution is -0.155. The van der Waals surface area contributed by atoms with Crippen LogP contribution in [0.3, 0.4) is 0 Å². The highest BCUT2D eigenvalue weighted by Gasteiger charge is 2.43. The van der Waals surface area contributed by atoms with Gasteiger partial charge >= 0.3 is 5.97 Å². The maximum atomic E-state index is 11.1. The second-order valence-corrected chi connectivity index (χ2v) is 4.62. The minimum atomic E-state index is -0.582. The molecule has 0 aromatic rings. The summed E-state index contributed by atoms with van der Waals surface area (Å²) in [6.45, 7) is 7.37. The molecule has 0 saturated heterocycles. The SMILES string of the molecule is CCCN(CC)CCC1(C(=O)O)CCC1. The largest absolute Gasteiger partial charge is 0.481 e. The molecule has 0 amide bonds. The Morgan fingerprint density at radius 3 is 2.33 bits per heavy atom. The summed E-state index contributed by atoms with van der Waals surface area (Å²) in [4.78, 5) is 13.5. The van der Waals surface area contributed by atoms with Crippen LogP contribution in [0.25, 0.3) is 0 Å². The van der Waals surface area contributed by atoms with Crippen molar-refractivity contribution in [1.29, 1.82) is 0 Å². The van der Waals surface area contributed by atoms with Crippen LogP contribution in [-0.4, -0.2) is 35.6 Å². The molecule has 0 atom stereocenters. The molecule has 0 unspecified atom stereocenters. The molecule has 0 bridgehead atoms. The van der Waals surface area contributed by atoms with Gasteiger partial charge in [0.2, 0.25) is 0 Å². The van der Waals surface area contributed by atoms with Crippen LogP contribution in [0, 0.1) is 5.41 Å². The van der Waals surface area contributed by atoms with E-state index < -0.39 is 5.97 Å². The van der Waals surface area contributed by atoms with Crippen LogP contribution in [0.5, 0.6) is 0 Å². The van der Waals surface area contributed by atoms with E-state index in [1.807, 2.05) is 0 Å². The highest BCUT2D eigenvalue weighted by Crippen LogP contribution is 2.44. The molecule has 0 aromatic heterocycles. The molecule has 0 spiro atoms. The average Bonchev–Trinajstić information content (AvgIpc) is 2.13. The normalized spacial score (nSPS) is 18.9. The Labute approximate surface area is 92.5 Å². The molecule has 1 aliphatic carbocycles. The number of hydrogen-bond acceptors (Lipinski definition) is 2. The third-order valence-electron chi connectivity index (χ3n) is 3.66. The summed E-state index contributed by atoms with van der Waals surface area (Å²) in [7, 11) is 0. The molecule has 0 aliphatic heterocycles. The fourth-order valence-electron chi connectivity index (χ4n) is 2.29. The van der Waals surface area contributed by atoms with Crippen molar-refractivity contribution >= 4 is 5.97 Å². The third-order valence-corrected chi connectivity index (χ3v) is 3.66. The Balaban J connectivity index is 2.36. The number of carbonyl (C=O) groups is 1. The van der Waals surface area contributed by atoms with E-state index in [0.29, 0.717) is 0 Å². The Kier molecular flexibility index (Phi) is 4.58. The van der Waals surface area contributed by atoms with Crippen molar-refractivity contribution < 1.29 is 9.90 Å². The number of carboxylic acid groups (broad SMARTS) is 1. The van der Waals surface area contributed by atoms with E-state index in [1.54, 1.807) is 0 Å². The minimum absolute atomic E-state index is 0.374. The molecule has 88 valence electrons. The second-order valence-electron chi connectivity index (χ2n) is 4.62. The number of hydrogen-bond donors (Lipinski definition) is 1. The predicted octanol–water partition coefficient (Wildman–Crippen LogP) is 2.36. The van der Waals surface area contributed by atoms with Gasteiger partial charge in [-0.1, -0.05) is 20.3 Å². The number of nitrogens with zero attached hydrogens (tertiary/aromatic N) is 1. The molecule has 0 aromatic carbocycles. The van der Waals surface area contributed by atoms with Crippen LogP contribution in [-0.2, 0) is 4.79 Å². The zero-order valence-corrected chi connectivity index (χ0v) is 9.96. The molecular formula is C12H23NO2. The van der Waals surface area contributed by atoms with E-state index in [0.717, 1.165) is 51.7 Å². The Hall–Kier alpha value is -0.570. The Bertz CT molecular complexity index is 212. The van der Waals surface area contributed by atoms with Crippen molar-refractivity contribution in [3.63, 3.8) is 0 Å². The van der Waals surface area contributed by atoms with Gasteiger partial charge in [0.1, 0.15) is 0 Å². The fraction of sp³-hybridized carbons (Fsp3) is 0.917. The molecule has 1 fully saturated rings. The lowest BCUT2D eigenvalue weighted by atomic mass is 9.66. The van der Waals surface area contributed by atoms with Gasteiger partial charge in [-0.25, -0.2) is 0 Å². The molecule has 1 saturated carbocycles. The van der Waals surface area contributed by atoms with Crippen LogP contribution in [0.2, 0.25) is 0 Å². The first-order valence-corrected chi connectivity index (χ1v) is 6.10. The van der Waals surface area contributed by atoms with Crippen LogP contribution in [0.15, 0.2) is 0 Å². The van der Waals surface area contributed by atoms with Gasteiger partial charge in [0.25, 0.3) is 0 Å². The number of rotatable bonds is 7. The van der Waals surface area contributed by atoms with Gasteiger partial charge in [0.15, 0.2) is 0 Å². The summed E-state index contributed by atoms with van der Waals surface area (Å²) < 4.78 is 0. The maximum Gasteiger partial charge on any atom is 0.309 e. The molecule has 3 heteroatoms. The molecule has 0 radical (unpaired) electrons. The Morgan fingerprint density at radius 2 is 2.00 bits per heavy atom. The number of aliphatic carboxylic acids is 1. The predicted molar refractivity (Wildman–Crippen MR) is 60.9 cm³/mol. The first-order valence-electron chi connectivity index (χ1n) is 6.10. The van der Waals surface area contributed by atoms with Gasteiger partial charge in [-0.2, -0.15) is 0 Å². The molecule has 1 rings (SSSR count). The van der Waals surface area contributed by atoms with Crippen LogP contribution in [0.4, 0.5) is 0 Å². The van der Waals surface area contributed by atoms with E-state index in [1.165, 1.54) is 0 Å². The lowest BCUT2D eigenvalue weighted by Gasteiger charge is -2.39. The zero-order valence-electron chi connectivity index (χ0n) is 9.96. The molecule has 15 heavy (non-hydrogen) atoms. The first-order chi connectivity index (χ1) is 7.14. The molecule has 1 N–H and O–H groups in total. The first kappa shape index (κ1) is 12.5. The van der Waals surface area contributed by atoms with E-state index in [4.69, 9.17) is 0 Å². The van der Waals surface area contributed by atoms with E-state index in [9.17, 15) is 9.90 Å². The zero-order chi connectivity index (χ0) is 11.3. The van der Waals surface area contributed by atoms with Gasteiger partial charge in [0, 0.05) is 0 Å². The van der Waals surface area contributed by atoms with Gasteiger partial charge in [-0.15, -0.1) is 0 Å².